The molecule has 0 aliphatic carbocycles. The zero-order chi connectivity index (χ0) is 23.7. The molecule has 0 radical (unpaired) electrons. The molecule has 0 unspecified atom stereocenters. The van der Waals surface area contributed by atoms with E-state index in [-0.39, 0.29) is 11.3 Å². The topological polar surface area (TPSA) is 58.6 Å². The molecule has 168 valence electrons. The molecule has 0 fully saturated rings. The summed E-state index contributed by atoms with van der Waals surface area (Å²) in [5, 5.41) is 5.11. The van der Waals surface area contributed by atoms with Crippen molar-refractivity contribution in [2.75, 3.05) is 16.8 Å². The van der Waals surface area contributed by atoms with Gasteiger partial charge in [0.2, 0.25) is 0 Å². The first-order valence-corrected chi connectivity index (χ1v) is 10.9. The van der Waals surface area contributed by atoms with Crippen LogP contribution in [0.4, 0.5) is 15.8 Å². The molecule has 4 aromatic rings. The molecule has 0 saturated carbocycles. The van der Waals surface area contributed by atoms with Gasteiger partial charge in [-0.15, -0.1) is 0 Å². The Balaban J connectivity index is 1.66. The Morgan fingerprint density at radius 1 is 0.824 bits per heavy atom. The highest BCUT2D eigenvalue weighted by Gasteiger charge is 2.41. The third-order valence-electron chi connectivity index (χ3n) is 5.67. The number of ether oxygens (including phenoxy) is 1. The summed E-state index contributed by atoms with van der Waals surface area (Å²) in [7, 11) is 0. The number of amides is 2. The van der Waals surface area contributed by atoms with Gasteiger partial charge in [0.25, 0.3) is 11.8 Å². The highest BCUT2D eigenvalue weighted by molar-refractivity contribution is 6.46. The summed E-state index contributed by atoms with van der Waals surface area (Å²) in [6.07, 6.45) is 0. The first kappa shape index (κ1) is 21.4. The number of carbonyl (C=O) groups is 2. The number of hydrogen-bond acceptors (Lipinski definition) is 4. The normalized spacial score (nSPS) is 13.6. The van der Waals surface area contributed by atoms with Crippen LogP contribution in [0.5, 0.6) is 5.75 Å². The summed E-state index contributed by atoms with van der Waals surface area (Å²) in [6, 6.07) is 25.9. The van der Waals surface area contributed by atoms with Crippen LogP contribution in [-0.2, 0) is 9.59 Å². The lowest BCUT2D eigenvalue weighted by atomic mass is 10.0. The van der Waals surface area contributed by atoms with Crippen LogP contribution in [0.15, 0.2) is 96.7 Å². The van der Waals surface area contributed by atoms with Crippen molar-refractivity contribution in [1.82, 2.24) is 0 Å². The average Bonchev–Trinajstić information content (AvgIpc) is 3.09. The second-order valence-electron chi connectivity index (χ2n) is 7.76. The van der Waals surface area contributed by atoms with E-state index in [9.17, 15) is 14.0 Å². The van der Waals surface area contributed by atoms with Crippen LogP contribution in [0, 0.1) is 5.82 Å². The maximum absolute atomic E-state index is 13.7. The molecule has 1 aliphatic heterocycles. The van der Waals surface area contributed by atoms with Crippen molar-refractivity contribution in [2.24, 2.45) is 0 Å². The van der Waals surface area contributed by atoms with Gasteiger partial charge in [0.1, 0.15) is 17.3 Å². The molecule has 0 bridgehead atoms. The lowest BCUT2D eigenvalue weighted by molar-refractivity contribution is -0.120. The predicted octanol–water partition coefficient (Wildman–Crippen LogP) is 5.77. The van der Waals surface area contributed by atoms with Gasteiger partial charge in [-0.05, 0) is 48.2 Å². The van der Waals surface area contributed by atoms with Crippen LogP contribution in [-0.4, -0.2) is 18.4 Å². The molecule has 2 amide bonds. The molecule has 4 aromatic carbocycles. The molecule has 1 heterocycles. The van der Waals surface area contributed by atoms with E-state index in [4.69, 9.17) is 4.74 Å². The van der Waals surface area contributed by atoms with Gasteiger partial charge in [-0.25, -0.2) is 9.29 Å². The van der Waals surface area contributed by atoms with Gasteiger partial charge in [-0.2, -0.15) is 0 Å². The van der Waals surface area contributed by atoms with Gasteiger partial charge in [0.05, 0.1) is 17.9 Å². The van der Waals surface area contributed by atoms with E-state index in [0.29, 0.717) is 29.3 Å². The molecule has 5 nitrogen and oxygen atoms in total. The van der Waals surface area contributed by atoms with Crippen LogP contribution in [0.25, 0.3) is 16.3 Å². The molecule has 0 saturated heterocycles. The minimum absolute atomic E-state index is 0.124. The highest BCUT2D eigenvalue weighted by Crippen LogP contribution is 2.38. The monoisotopic (exact) mass is 452 g/mol. The van der Waals surface area contributed by atoms with Crippen LogP contribution >= 0.6 is 0 Å². The van der Waals surface area contributed by atoms with Gasteiger partial charge in [0.15, 0.2) is 0 Å². The number of carbonyl (C=O) groups excluding carboxylic acids is 2. The van der Waals surface area contributed by atoms with Gasteiger partial charge in [-0.1, -0.05) is 60.7 Å². The van der Waals surface area contributed by atoms with E-state index < -0.39 is 17.6 Å². The van der Waals surface area contributed by atoms with Crippen LogP contribution in [0.2, 0.25) is 0 Å². The van der Waals surface area contributed by atoms with Crippen molar-refractivity contribution in [1.29, 1.82) is 0 Å². The standard InChI is InChI=1S/C28H21FN2O3/c1-2-34-24-13-6-5-12-23(24)31-27(32)25(19-14-16-20(29)17-15-19)26(28(31)33)30-22-11-7-9-18-8-3-4-10-21(18)22/h3-17,30H,2H2,1H3. The summed E-state index contributed by atoms with van der Waals surface area (Å²) < 4.78 is 19.3. The summed E-state index contributed by atoms with van der Waals surface area (Å²) in [4.78, 5) is 28.5. The summed E-state index contributed by atoms with van der Waals surface area (Å²) >= 11 is 0. The Hall–Kier alpha value is -4.45. The lowest BCUT2D eigenvalue weighted by Crippen LogP contribution is -2.32. The van der Waals surface area contributed by atoms with Crippen LogP contribution in [0.1, 0.15) is 12.5 Å². The number of anilines is 2. The molecule has 1 aliphatic rings. The van der Waals surface area contributed by atoms with Crippen molar-refractivity contribution in [3.8, 4) is 5.75 Å². The summed E-state index contributed by atoms with van der Waals surface area (Å²) in [5.74, 6) is -1.02. The van der Waals surface area contributed by atoms with E-state index in [2.05, 4.69) is 5.32 Å². The van der Waals surface area contributed by atoms with Crippen molar-refractivity contribution in [3.63, 3.8) is 0 Å². The predicted molar refractivity (Wildman–Crippen MR) is 131 cm³/mol. The Morgan fingerprint density at radius 3 is 2.32 bits per heavy atom. The number of benzene rings is 4. The zero-order valence-electron chi connectivity index (χ0n) is 18.4. The Bertz CT molecular complexity index is 1440. The molecule has 0 atom stereocenters. The lowest BCUT2D eigenvalue weighted by Gasteiger charge is -2.19. The molecule has 6 heteroatoms. The first-order valence-electron chi connectivity index (χ1n) is 10.9. The molecule has 1 N–H and O–H groups in total. The van der Waals surface area contributed by atoms with Crippen molar-refractivity contribution in [2.45, 2.75) is 6.92 Å². The fourth-order valence-corrected chi connectivity index (χ4v) is 4.14. The molecular weight excluding hydrogens is 431 g/mol. The molecule has 34 heavy (non-hydrogen) atoms. The molecule has 0 aromatic heterocycles. The quantitative estimate of drug-likeness (QED) is 0.377. The van der Waals surface area contributed by atoms with E-state index >= 15 is 0 Å². The third kappa shape index (κ3) is 3.69. The Morgan fingerprint density at radius 2 is 1.53 bits per heavy atom. The second-order valence-corrected chi connectivity index (χ2v) is 7.76. The summed E-state index contributed by atoms with van der Waals surface area (Å²) in [6.45, 7) is 2.21. The van der Waals surface area contributed by atoms with Gasteiger partial charge < -0.3 is 10.1 Å². The zero-order valence-corrected chi connectivity index (χ0v) is 18.4. The number of halogens is 1. The number of hydrogen-bond donors (Lipinski definition) is 1. The molecular formula is C28H21FN2O3. The Labute approximate surface area is 196 Å². The summed E-state index contributed by atoms with van der Waals surface area (Å²) in [5.41, 5.74) is 1.78. The number of fused-ring (bicyclic) bond motifs is 1. The SMILES string of the molecule is CCOc1ccccc1N1C(=O)C(Nc2cccc3ccccc23)=C(c2ccc(F)cc2)C1=O. The van der Waals surface area contributed by atoms with E-state index in [0.717, 1.165) is 15.7 Å². The number of nitrogens with one attached hydrogen (secondary N) is 1. The molecule has 0 spiro atoms. The van der Waals surface area contributed by atoms with E-state index in [1.807, 2.05) is 49.4 Å². The number of imide groups is 1. The van der Waals surface area contributed by atoms with Crippen molar-refractivity contribution >= 4 is 39.5 Å². The second kappa shape index (κ2) is 8.83. The largest absolute Gasteiger partial charge is 0.492 e. The van der Waals surface area contributed by atoms with Gasteiger partial charge >= 0.3 is 0 Å². The van der Waals surface area contributed by atoms with E-state index in [1.54, 1.807) is 24.3 Å². The molecule has 5 rings (SSSR count). The third-order valence-corrected chi connectivity index (χ3v) is 5.67. The van der Waals surface area contributed by atoms with Crippen molar-refractivity contribution in [3.05, 3.63) is 108 Å². The number of rotatable bonds is 6. The minimum Gasteiger partial charge on any atom is -0.492 e. The van der Waals surface area contributed by atoms with Crippen LogP contribution < -0.4 is 15.0 Å². The first-order chi connectivity index (χ1) is 16.6. The average molecular weight is 452 g/mol. The van der Waals surface area contributed by atoms with E-state index in [1.165, 1.54) is 24.3 Å². The maximum atomic E-state index is 13.7. The highest BCUT2D eigenvalue weighted by atomic mass is 19.1. The van der Waals surface area contributed by atoms with Gasteiger partial charge in [-0.3, -0.25) is 9.59 Å². The van der Waals surface area contributed by atoms with Crippen LogP contribution in [0.3, 0.4) is 0 Å². The Kier molecular flexibility index (Phi) is 5.55. The fourth-order valence-electron chi connectivity index (χ4n) is 4.14. The smallest absolute Gasteiger partial charge is 0.282 e. The van der Waals surface area contributed by atoms with Gasteiger partial charge in [0, 0.05) is 11.1 Å². The number of para-hydroxylation sites is 2. The maximum Gasteiger partial charge on any atom is 0.282 e. The fraction of sp³-hybridized carbons (Fsp3) is 0.0714. The minimum atomic E-state index is -0.510. The number of nitrogens with zero attached hydrogens (tertiary/aromatic N) is 1. The van der Waals surface area contributed by atoms with Crippen molar-refractivity contribution < 1.29 is 18.7 Å².